The van der Waals surface area contributed by atoms with Gasteiger partial charge in [0.2, 0.25) is 0 Å². The normalized spacial score (nSPS) is 9.67. The molecule has 1 aromatic rings. The Hall–Kier alpha value is -1.57. The third-order valence-electron chi connectivity index (χ3n) is 2.10. The zero-order valence-corrected chi connectivity index (χ0v) is 8.43. The van der Waals surface area contributed by atoms with E-state index in [9.17, 15) is 0 Å². The maximum Gasteiger partial charge on any atom is 0.0991 e. The first kappa shape index (κ1) is 11.5. The molecule has 1 rings (SSSR count). The minimum atomic E-state index is 0.0417. The van der Waals surface area contributed by atoms with Gasteiger partial charge < -0.3 is 15.1 Å². The minimum Gasteiger partial charge on any atom is -0.395 e. The molecule has 0 aliphatic rings. The summed E-state index contributed by atoms with van der Waals surface area (Å²) in [6.45, 7) is 1.04. The largest absolute Gasteiger partial charge is 0.395 e. The number of anilines is 1. The molecule has 0 amide bonds. The Labute approximate surface area is 89.0 Å². The molecule has 0 fully saturated rings. The molecular weight excluding hydrogens is 192 g/mol. The van der Waals surface area contributed by atoms with Gasteiger partial charge in [0.25, 0.3) is 0 Å². The van der Waals surface area contributed by atoms with Crippen LogP contribution < -0.4 is 4.90 Å². The van der Waals surface area contributed by atoms with Crippen molar-refractivity contribution in [2.24, 2.45) is 0 Å². The predicted molar refractivity (Wildman–Crippen MR) is 57.5 cm³/mol. The van der Waals surface area contributed by atoms with Crippen LogP contribution in [0, 0.1) is 11.3 Å². The summed E-state index contributed by atoms with van der Waals surface area (Å²) in [5, 5.41) is 26.3. The van der Waals surface area contributed by atoms with Gasteiger partial charge in [0.05, 0.1) is 24.8 Å². The van der Waals surface area contributed by atoms with E-state index in [2.05, 4.69) is 0 Å². The average Bonchev–Trinajstić information content (AvgIpc) is 2.29. The summed E-state index contributed by atoms with van der Waals surface area (Å²) >= 11 is 0. The van der Waals surface area contributed by atoms with Crippen molar-refractivity contribution in [1.29, 1.82) is 5.26 Å². The Bertz CT molecular complexity index is 323. The minimum absolute atomic E-state index is 0.0417. The van der Waals surface area contributed by atoms with E-state index in [1.54, 1.807) is 12.1 Å². The number of nitrogens with zero attached hydrogens (tertiary/aromatic N) is 2. The van der Waals surface area contributed by atoms with Gasteiger partial charge in [0, 0.05) is 18.8 Å². The van der Waals surface area contributed by atoms with Gasteiger partial charge in [0.15, 0.2) is 0 Å². The molecule has 0 atom stereocenters. The fourth-order valence-electron chi connectivity index (χ4n) is 1.36. The SMILES string of the molecule is N#Cc1ccc(N(CCO)CCO)cc1. The van der Waals surface area contributed by atoms with E-state index in [0.29, 0.717) is 18.7 Å². The van der Waals surface area contributed by atoms with Gasteiger partial charge in [-0.25, -0.2) is 0 Å². The summed E-state index contributed by atoms with van der Waals surface area (Å²) in [5.41, 5.74) is 1.50. The Balaban J connectivity index is 2.77. The highest BCUT2D eigenvalue weighted by molar-refractivity contribution is 5.49. The van der Waals surface area contributed by atoms with Crippen LogP contribution in [0.3, 0.4) is 0 Å². The van der Waals surface area contributed by atoms with Crippen LogP contribution in [-0.4, -0.2) is 36.5 Å². The van der Waals surface area contributed by atoms with Crippen LogP contribution in [0.15, 0.2) is 24.3 Å². The third kappa shape index (κ3) is 3.24. The standard InChI is InChI=1S/C11H14N2O2/c12-9-10-1-3-11(4-2-10)13(5-7-14)6-8-15/h1-4,14-15H,5-8H2. The number of rotatable bonds is 5. The molecule has 4 nitrogen and oxygen atoms in total. The molecule has 2 N–H and O–H groups in total. The fraction of sp³-hybridized carbons (Fsp3) is 0.364. The van der Waals surface area contributed by atoms with Gasteiger partial charge in [-0.05, 0) is 24.3 Å². The van der Waals surface area contributed by atoms with Crippen LogP contribution in [0.25, 0.3) is 0 Å². The lowest BCUT2D eigenvalue weighted by molar-refractivity contribution is 0.281. The molecule has 0 aliphatic heterocycles. The van der Waals surface area contributed by atoms with Gasteiger partial charge in [-0.15, -0.1) is 0 Å². The van der Waals surface area contributed by atoms with Gasteiger partial charge >= 0.3 is 0 Å². The first-order valence-electron chi connectivity index (χ1n) is 4.78. The number of hydrogen-bond acceptors (Lipinski definition) is 4. The van der Waals surface area contributed by atoms with Crippen LogP contribution in [-0.2, 0) is 0 Å². The van der Waals surface area contributed by atoms with E-state index in [1.807, 2.05) is 23.1 Å². The molecule has 80 valence electrons. The molecule has 0 bridgehead atoms. The van der Waals surface area contributed by atoms with Crippen molar-refractivity contribution in [2.45, 2.75) is 0 Å². The van der Waals surface area contributed by atoms with Gasteiger partial charge in [0.1, 0.15) is 0 Å². The zero-order chi connectivity index (χ0) is 11.1. The van der Waals surface area contributed by atoms with Crippen molar-refractivity contribution in [2.75, 3.05) is 31.2 Å². The van der Waals surface area contributed by atoms with E-state index >= 15 is 0 Å². The molecule has 0 saturated carbocycles. The lowest BCUT2D eigenvalue weighted by Crippen LogP contribution is -2.29. The monoisotopic (exact) mass is 206 g/mol. The number of hydrogen-bond donors (Lipinski definition) is 2. The van der Waals surface area contributed by atoms with Crippen molar-refractivity contribution in [1.82, 2.24) is 0 Å². The second-order valence-corrected chi connectivity index (χ2v) is 3.09. The highest BCUT2D eigenvalue weighted by Crippen LogP contribution is 2.14. The van der Waals surface area contributed by atoms with Crippen molar-refractivity contribution in [3.05, 3.63) is 29.8 Å². The second kappa shape index (κ2) is 6.02. The topological polar surface area (TPSA) is 67.5 Å². The molecule has 0 aliphatic carbocycles. The summed E-state index contributed by atoms with van der Waals surface area (Å²) < 4.78 is 0. The van der Waals surface area contributed by atoms with Gasteiger partial charge in [-0.3, -0.25) is 0 Å². The molecule has 0 spiro atoms. The van der Waals surface area contributed by atoms with Crippen LogP contribution in [0.1, 0.15) is 5.56 Å². The number of aliphatic hydroxyl groups excluding tert-OH is 2. The molecule has 0 saturated heterocycles. The lowest BCUT2D eigenvalue weighted by atomic mass is 10.2. The second-order valence-electron chi connectivity index (χ2n) is 3.09. The molecule has 0 heterocycles. The van der Waals surface area contributed by atoms with Crippen molar-refractivity contribution < 1.29 is 10.2 Å². The predicted octanol–water partition coefficient (Wildman–Crippen LogP) is 0.349. The lowest BCUT2D eigenvalue weighted by Gasteiger charge is -2.22. The van der Waals surface area contributed by atoms with E-state index in [4.69, 9.17) is 15.5 Å². The summed E-state index contributed by atoms with van der Waals surface area (Å²) in [4.78, 5) is 1.86. The maximum absolute atomic E-state index is 8.85. The van der Waals surface area contributed by atoms with E-state index in [-0.39, 0.29) is 13.2 Å². The highest BCUT2D eigenvalue weighted by Gasteiger charge is 2.04. The number of aliphatic hydroxyl groups is 2. The summed E-state index contributed by atoms with van der Waals surface area (Å²) in [6.07, 6.45) is 0. The highest BCUT2D eigenvalue weighted by atomic mass is 16.3. The van der Waals surface area contributed by atoms with Crippen LogP contribution in [0.4, 0.5) is 5.69 Å². The molecule has 0 unspecified atom stereocenters. The summed E-state index contributed by atoms with van der Waals surface area (Å²) in [7, 11) is 0. The maximum atomic E-state index is 8.85. The average molecular weight is 206 g/mol. The van der Waals surface area contributed by atoms with Crippen LogP contribution in [0.2, 0.25) is 0 Å². The van der Waals surface area contributed by atoms with Gasteiger partial charge in [-0.2, -0.15) is 5.26 Å². The first-order chi connectivity index (χ1) is 7.31. The molecule has 1 aromatic carbocycles. The Morgan fingerprint density at radius 1 is 1.07 bits per heavy atom. The summed E-state index contributed by atoms with van der Waals surface area (Å²) in [5.74, 6) is 0. The number of nitriles is 1. The van der Waals surface area contributed by atoms with Gasteiger partial charge in [-0.1, -0.05) is 0 Å². The molecule has 15 heavy (non-hydrogen) atoms. The first-order valence-corrected chi connectivity index (χ1v) is 4.78. The van der Waals surface area contributed by atoms with Crippen LogP contribution in [0.5, 0.6) is 0 Å². The zero-order valence-electron chi connectivity index (χ0n) is 8.43. The molecule has 4 heteroatoms. The van der Waals surface area contributed by atoms with Crippen molar-refractivity contribution in [3.8, 4) is 6.07 Å². The smallest absolute Gasteiger partial charge is 0.0991 e. The quantitative estimate of drug-likeness (QED) is 0.729. The molecule has 0 aromatic heterocycles. The Morgan fingerprint density at radius 2 is 1.60 bits per heavy atom. The molecule has 0 radical (unpaired) electrons. The summed E-state index contributed by atoms with van der Waals surface area (Å²) in [6, 6.07) is 9.10. The number of benzene rings is 1. The van der Waals surface area contributed by atoms with E-state index < -0.39 is 0 Å². The van der Waals surface area contributed by atoms with Crippen molar-refractivity contribution in [3.63, 3.8) is 0 Å². The van der Waals surface area contributed by atoms with Crippen LogP contribution >= 0.6 is 0 Å². The molecular formula is C11H14N2O2. The fourth-order valence-corrected chi connectivity index (χ4v) is 1.36. The Morgan fingerprint density at radius 3 is 2.00 bits per heavy atom. The third-order valence-corrected chi connectivity index (χ3v) is 2.10. The Kier molecular flexibility index (Phi) is 4.61. The van der Waals surface area contributed by atoms with Crippen molar-refractivity contribution >= 4 is 5.69 Å². The van der Waals surface area contributed by atoms with E-state index in [1.165, 1.54) is 0 Å². The van der Waals surface area contributed by atoms with E-state index in [0.717, 1.165) is 5.69 Å².